The van der Waals surface area contributed by atoms with Crippen LogP contribution in [0, 0.1) is 5.92 Å². The molecule has 0 radical (unpaired) electrons. The van der Waals surface area contributed by atoms with Crippen molar-refractivity contribution in [2.45, 2.75) is 26.3 Å². The molecule has 1 fully saturated rings. The van der Waals surface area contributed by atoms with Gasteiger partial charge in [-0.1, -0.05) is 43.6 Å². The maximum atomic E-state index is 12.0. The molecule has 1 aliphatic heterocycles. The molecule has 0 spiro atoms. The number of carbonyl (C=O) groups excluding carboxylic acids is 1. The fourth-order valence-electron chi connectivity index (χ4n) is 2.72. The van der Waals surface area contributed by atoms with Crippen LogP contribution in [0.15, 0.2) is 24.3 Å². The van der Waals surface area contributed by atoms with Crippen molar-refractivity contribution in [3.05, 3.63) is 34.9 Å². The summed E-state index contributed by atoms with van der Waals surface area (Å²) in [5, 5.41) is 3.80. The van der Waals surface area contributed by atoms with E-state index in [1.165, 1.54) is 0 Å². The van der Waals surface area contributed by atoms with Gasteiger partial charge in [0, 0.05) is 31.1 Å². The Balaban J connectivity index is 2.08. The number of morpholine rings is 1. The maximum absolute atomic E-state index is 12.0. The monoisotopic (exact) mass is 324 g/mol. The van der Waals surface area contributed by atoms with Crippen LogP contribution in [-0.4, -0.2) is 43.7 Å². The third kappa shape index (κ3) is 4.97. The van der Waals surface area contributed by atoms with Crippen molar-refractivity contribution in [2.75, 3.05) is 32.8 Å². The normalized spacial score (nSPS) is 17.5. The van der Waals surface area contributed by atoms with E-state index in [1.807, 2.05) is 38.1 Å². The van der Waals surface area contributed by atoms with Crippen LogP contribution in [0.25, 0.3) is 0 Å². The molecule has 1 atom stereocenters. The van der Waals surface area contributed by atoms with Gasteiger partial charge in [0.15, 0.2) is 0 Å². The van der Waals surface area contributed by atoms with Crippen LogP contribution in [0.3, 0.4) is 0 Å². The van der Waals surface area contributed by atoms with E-state index in [0.29, 0.717) is 18.9 Å². The van der Waals surface area contributed by atoms with Crippen LogP contribution in [0.5, 0.6) is 0 Å². The lowest BCUT2D eigenvalue weighted by molar-refractivity contribution is -0.122. The first-order valence-corrected chi connectivity index (χ1v) is 8.28. The molecule has 122 valence electrons. The van der Waals surface area contributed by atoms with E-state index >= 15 is 0 Å². The Morgan fingerprint density at radius 2 is 2.00 bits per heavy atom. The van der Waals surface area contributed by atoms with Crippen molar-refractivity contribution >= 4 is 17.5 Å². The molecular formula is C17H25ClN2O2. The van der Waals surface area contributed by atoms with Crippen LogP contribution in [0.2, 0.25) is 5.02 Å². The number of halogens is 1. The highest BCUT2D eigenvalue weighted by Crippen LogP contribution is 2.27. The summed E-state index contributed by atoms with van der Waals surface area (Å²) in [6.45, 7) is 7.84. The lowest BCUT2D eigenvalue weighted by Gasteiger charge is -2.35. The number of ether oxygens (including phenoxy) is 1. The summed E-state index contributed by atoms with van der Waals surface area (Å²) in [5.74, 6) is 0.461. The van der Waals surface area contributed by atoms with Gasteiger partial charge < -0.3 is 10.1 Å². The van der Waals surface area contributed by atoms with Crippen LogP contribution < -0.4 is 5.32 Å². The predicted octanol–water partition coefficient (Wildman–Crippen LogP) is 2.88. The van der Waals surface area contributed by atoms with E-state index < -0.39 is 0 Å². The van der Waals surface area contributed by atoms with Crippen molar-refractivity contribution in [2.24, 2.45) is 5.92 Å². The van der Waals surface area contributed by atoms with E-state index in [1.54, 1.807) is 0 Å². The van der Waals surface area contributed by atoms with E-state index in [9.17, 15) is 4.79 Å². The molecule has 1 amide bonds. The number of hydrogen-bond donors (Lipinski definition) is 1. The van der Waals surface area contributed by atoms with Gasteiger partial charge in [0.1, 0.15) is 0 Å². The Morgan fingerprint density at radius 3 is 2.64 bits per heavy atom. The van der Waals surface area contributed by atoms with Gasteiger partial charge in [0.25, 0.3) is 0 Å². The minimum Gasteiger partial charge on any atom is -0.379 e. The Morgan fingerprint density at radius 1 is 1.32 bits per heavy atom. The second kappa shape index (κ2) is 8.51. The minimum absolute atomic E-state index is 0.0914. The minimum atomic E-state index is 0.0914. The van der Waals surface area contributed by atoms with Crippen LogP contribution in [-0.2, 0) is 9.53 Å². The highest BCUT2D eigenvalue weighted by Gasteiger charge is 2.24. The van der Waals surface area contributed by atoms with Crippen LogP contribution in [0.1, 0.15) is 31.9 Å². The zero-order chi connectivity index (χ0) is 15.9. The SMILES string of the molecule is CC(C)CC(=O)NC[C@H](c1ccccc1Cl)N1CCOCC1. The average Bonchev–Trinajstić information content (AvgIpc) is 2.49. The van der Waals surface area contributed by atoms with E-state index in [2.05, 4.69) is 10.2 Å². The molecule has 0 unspecified atom stereocenters. The molecule has 0 saturated carbocycles. The van der Waals surface area contributed by atoms with Gasteiger partial charge in [-0.25, -0.2) is 0 Å². The van der Waals surface area contributed by atoms with Crippen molar-refractivity contribution < 1.29 is 9.53 Å². The summed E-state index contributed by atoms with van der Waals surface area (Å²) in [6.07, 6.45) is 0.554. The summed E-state index contributed by atoms with van der Waals surface area (Å²) in [5.41, 5.74) is 1.07. The molecule has 1 aromatic rings. The lowest BCUT2D eigenvalue weighted by atomic mass is 10.0. The van der Waals surface area contributed by atoms with Gasteiger partial charge in [-0.3, -0.25) is 9.69 Å². The number of benzene rings is 1. The van der Waals surface area contributed by atoms with Gasteiger partial charge in [0.2, 0.25) is 5.91 Å². The fraction of sp³-hybridized carbons (Fsp3) is 0.588. The van der Waals surface area contributed by atoms with Gasteiger partial charge in [-0.15, -0.1) is 0 Å². The number of nitrogens with one attached hydrogen (secondary N) is 1. The van der Waals surface area contributed by atoms with Gasteiger partial charge in [-0.05, 0) is 17.5 Å². The predicted molar refractivity (Wildman–Crippen MR) is 89.0 cm³/mol. The number of nitrogens with zero attached hydrogens (tertiary/aromatic N) is 1. The van der Waals surface area contributed by atoms with Crippen molar-refractivity contribution in [3.63, 3.8) is 0 Å². The topological polar surface area (TPSA) is 41.6 Å². The summed E-state index contributed by atoms with van der Waals surface area (Å²) in [6, 6.07) is 7.95. The standard InChI is InChI=1S/C17H25ClN2O2/c1-13(2)11-17(21)19-12-16(20-7-9-22-10-8-20)14-5-3-4-6-15(14)18/h3-6,13,16H,7-12H2,1-2H3,(H,19,21)/t16-/m1/s1. The van der Waals surface area contributed by atoms with Crippen molar-refractivity contribution in [3.8, 4) is 0 Å². The molecule has 0 aliphatic carbocycles. The first-order valence-electron chi connectivity index (χ1n) is 7.91. The number of hydrogen-bond acceptors (Lipinski definition) is 3. The summed E-state index contributed by atoms with van der Waals surface area (Å²) < 4.78 is 5.43. The average molecular weight is 325 g/mol. The zero-order valence-corrected chi connectivity index (χ0v) is 14.1. The van der Waals surface area contributed by atoms with Crippen LogP contribution >= 0.6 is 11.6 Å². The first-order chi connectivity index (χ1) is 10.6. The quantitative estimate of drug-likeness (QED) is 0.875. The Labute approximate surface area is 137 Å². The summed E-state index contributed by atoms with van der Waals surface area (Å²) in [4.78, 5) is 14.3. The summed E-state index contributed by atoms with van der Waals surface area (Å²) in [7, 11) is 0. The molecule has 0 aromatic heterocycles. The molecule has 1 heterocycles. The molecule has 4 nitrogen and oxygen atoms in total. The molecule has 2 rings (SSSR count). The molecule has 1 N–H and O–H groups in total. The lowest BCUT2D eigenvalue weighted by Crippen LogP contribution is -2.44. The van der Waals surface area contributed by atoms with Gasteiger partial charge in [0.05, 0.1) is 19.3 Å². The van der Waals surface area contributed by atoms with Crippen molar-refractivity contribution in [1.29, 1.82) is 0 Å². The van der Waals surface area contributed by atoms with Crippen LogP contribution in [0.4, 0.5) is 0 Å². The second-order valence-corrected chi connectivity index (χ2v) is 6.49. The van der Waals surface area contributed by atoms with Gasteiger partial charge in [-0.2, -0.15) is 0 Å². The molecule has 1 aliphatic rings. The fourth-order valence-corrected chi connectivity index (χ4v) is 2.99. The smallest absolute Gasteiger partial charge is 0.220 e. The first kappa shape index (κ1) is 17.3. The molecule has 0 bridgehead atoms. The number of carbonyl (C=O) groups is 1. The Bertz CT molecular complexity index is 487. The molecular weight excluding hydrogens is 300 g/mol. The molecule has 22 heavy (non-hydrogen) atoms. The summed E-state index contributed by atoms with van der Waals surface area (Å²) >= 11 is 6.37. The number of rotatable bonds is 6. The third-order valence-corrected chi connectivity index (χ3v) is 4.18. The maximum Gasteiger partial charge on any atom is 0.220 e. The second-order valence-electron chi connectivity index (χ2n) is 6.09. The van der Waals surface area contributed by atoms with E-state index in [0.717, 1.165) is 36.9 Å². The highest BCUT2D eigenvalue weighted by molar-refractivity contribution is 6.31. The van der Waals surface area contributed by atoms with E-state index in [-0.39, 0.29) is 11.9 Å². The highest BCUT2D eigenvalue weighted by atomic mass is 35.5. The molecule has 5 heteroatoms. The zero-order valence-electron chi connectivity index (χ0n) is 13.3. The van der Waals surface area contributed by atoms with Crippen molar-refractivity contribution in [1.82, 2.24) is 10.2 Å². The molecule has 1 saturated heterocycles. The largest absolute Gasteiger partial charge is 0.379 e. The third-order valence-electron chi connectivity index (χ3n) is 3.84. The Kier molecular flexibility index (Phi) is 6.68. The Hall–Kier alpha value is -1.10. The van der Waals surface area contributed by atoms with Gasteiger partial charge >= 0.3 is 0 Å². The number of amides is 1. The molecule has 1 aromatic carbocycles. The van der Waals surface area contributed by atoms with E-state index in [4.69, 9.17) is 16.3 Å².